The molecule has 2 heterocycles. The zero-order valence-electron chi connectivity index (χ0n) is 17.9. The van der Waals surface area contributed by atoms with Crippen molar-refractivity contribution >= 4 is 57.7 Å². The number of ketones is 1. The molecular weight excluding hydrogens is 485 g/mol. The predicted octanol–water partition coefficient (Wildman–Crippen LogP) is 6.01. The van der Waals surface area contributed by atoms with E-state index in [-0.39, 0.29) is 27.7 Å². The van der Waals surface area contributed by atoms with Gasteiger partial charge in [0.25, 0.3) is 11.7 Å². The van der Waals surface area contributed by atoms with E-state index in [0.29, 0.717) is 16.5 Å². The van der Waals surface area contributed by atoms with Crippen LogP contribution in [0.5, 0.6) is 11.5 Å². The Bertz CT molecular complexity index is 1280. The number of ether oxygens (including phenoxy) is 2. The summed E-state index contributed by atoms with van der Waals surface area (Å²) >= 11 is 13.7. The molecule has 1 N–H and O–H groups in total. The fourth-order valence-corrected chi connectivity index (χ4v) is 5.19. The van der Waals surface area contributed by atoms with Crippen molar-refractivity contribution in [1.82, 2.24) is 0 Å². The minimum atomic E-state index is -0.836. The third kappa shape index (κ3) is 3.97. The van der Waals surface area contributed by atoms with Gasteiger partial charge in [0.1, 0.15) is 23.3 Å². The molecule has 0 saturated carbocycles. The van der Waals surface area contributed by atoms with E-state index in [2.05, 4.69) is 0 Å². The van der Waals surface area contributed by atoms with Crippen molar-refractivity contribution in [3.8, 4) is 11.5 Å². The number of aryl methyl sites for hydroxylation is 1. The summed E-state index contributed by atoms with van der Waals surface area (Å²) < 4.78 is 10.6. The minimum absolute atomic E-state index is 0.0555. The number of carbonyl (C=O) groups excluding carboxylic acids is 2. The van der Waals surface area contributed by atoms with Gasteiger partial charge >= 0.3 is 0 Å². The number of benzene rings is 2. The number of hydrogen-bond donors (Lipinski definition) is 1. The molecule has 1 atom stereocenters. The molecule has 33 heavy (non-hydrogen) atoms. The molecule has 4 rings (SSSR count). The number of halogens is 2. The topological polar surface area (TPSA) is 76.1 Å². The Morgan fingerprint density at radius 2 is 1.70 bits per heavy atom. The predicted molar refractivity (Wildman–Crippen MR) is 130 cm³/mol. The van der Waals surface area contributed by atoms with Gasteiger partial charge in [-0.1, -0.05) is 23.2 Å². The quantitative estimate of drug-likeness (QED) is 0.262. The fourth-order valence-electron chi connectivity index (χ4n) is 3.80. The number of amides is 1. The van der Waals surface area contributed by atoms with Crippen molar-refractivity contribution in [1.29, 1.82) is 0 Å². The summed E-state index contributed by atoms with van der Waals surface area (Å²) in [5.41, 5.74) is 1.49. The smallest absolute Gasteiger partial charge is 0.300 e. The average Bonchev–Trinajstić information content (AvgIpc) is 3.34. The highest BCUT2D eigenvalue weighted by molar-refractivity contribution is 7.10. The Balaban J connectivity index is 1.98. The van der Waals surface area contributed by atoms with E-state index in [9.17, 15) is 14.7 Å². The van der Waals surface area contributed by atoms with Gasteiger partial charge in [-0.15, -0.1) is 11.3 Å². The van der Waals surface area contributed by atoms with Crippen molar-refractivity contribution in [2.45, 2.75) is 13.0 Å². The van der Waals surface area contributed by atoms with E-state index in [1.807, 2.05) is 18.4 Å². The van der Waals surface area contributed by atoms with Gasteiger partial charge in [0.05, 0.1) is 30.4 Å². The number of aliphatic hydroxyl groups excluding tert-OH is 1. The number of thiophene rings is 1. The van der Waals surface area contributed by atoms with E-state index in [1.54, 1.807) is 24.3 Å². The van der Waals surface area contributed by atoms with Gasteiger partial charge in [0, 0.05) is 21.7 Å². The first-order valence-corrected chi connectivity index (χ1v) is 11.4. The first kappa shape index (κ1) is 23.2. The van der Waals surface area contributed by atoms with E-state index >= 15 is 0 Å². The molecule has 0 bridgehead atoms. The summed E-state index contributed by atoms with van der Waals surface area (Å²) in [4.78, 5) is 28.6. The van der Waals surface area contributed by atoms with Crippen molar-refractivity contribution in [3.63, 3.8) is 0 Å². The molecule has 2 aromatic carbocycles. The highest BCUT2D eigenvalue weighted by Gasteiger charge is 2.48. The molecule has 1 saturated heterocycles. The molecule has 1 amide bonds. The Kier molecular flexibility index (Phi) is 6.38. The maximum Gasteiger partial charge on any atom is 0.300 e. The number of rotatable bonds is 5. The normalized spacial score (nSPS) is 17.5. The Morgan fingerprint density at radius 1 is 1.03 bits per heavy atom. The third-order valence-corrected chi connectivity index (χ3v) is 7.05. The van der Waals surface area contributed by atoms with Crippen LogP contribution in [0.15, 0.2) is 53.4 Å². The second kappa shape index (κ2) is 9.09. The van der Waals surface area contributed by atoms with Gasteiger partial charge < -0.3 is 14.6 Å². The minimum Gasteiger partial charge on any atom is -0.507 e. The Morgan fingerprint density at radius 3 is 2.27 bits per heavy atom. The SMILES string of the molecule is COc1cc(OC)c(/C(O)=C2\C(=O)C(=O)N(c3ccc(Cl)cc3)C2c2sccc2C)cc1Cl. The van der Waals surface area contributed by atoms with Gasteiger partial charge in [-0.25, -0.2) is 0 Å². The summed E-state index contributed by atoms with van der Waals surface area (Å²) in [6, 6.07) is 10.6. The molecule has 1 aliphatic heterocycles. The van der Waals surface area contributed by atoms with Crippen molar-refractivity contribution in [3.05, 3.63) is 79.5 Å². The first-order chi connectivity index (χ1) is 15.8. The summed E-state index contributed by atoms with van der Waals surface area (Å²) in [5, 5.41) is 13.9. The van der Waals surface area contributed by atoms with Crippen LogP contribution < -0.4 is 14.4 Å². The summed E-state index contributed by atoms with van der Waals surface area (Å²) in [5.74, 6) is -1.36. The van der Waals surface area contributed by atoms with E-state index < -0.39 is 17.7 Å². The highest BCUT2D eigenvalue weighted by Crippen LogP contribution is 2.46. The molecule has 6 nitrogen and oxygen atoms in total. The Hall–Kier alpha value is -3.00. The van der Waals surface area contributed by atoms with Crippen LogP contribution in [0, 0.1) is 6.92 Å². The lowest BCUT2D eigenvalue weighted by Gasteiger charge is -2.25. The number of carbonyl (C=O) groups is 2. The van der Waals surface area contributed by atoms with Crippen molar-refractivity contribution in [2.24, 2.45) is 0 Å². The fraction of sp³-hybridized carbons (Fsp3) is 0.167. The van der Waals surface area contributed by atoms with Crippen LogP contribution in [-0.4, -0.2) is 31.0 Å². The number of hydrogen-bond acceptors (Lipinski definition) is 6. The lowest BCUT2D eigenvalue weighted by Crippen LogP contribution is -2.29. The van der Waals surface area contributed by atoms with Gasteiger partial charge in [0.15, 0.2) is 0 Å². The van der Waals surface area contributed by atoms with E-state index in [1.165, 1.54) is 42.6 Å². The molecule has 0 aliphatic carbocycles. The monoisotopic (exact) mass is 503 g/mol. The van der Waals surface area contributed by atoms with E-state index in [0.717, 1.165) is 10.4 Å². The number of Topliss-reactive ketones (excluding diaryl/α,β-unsaturated/α-hetero) is 1. The molecule has 0 spiro atoms. The lowest BCUT2D eigenvalue weighted by atomic mass is 9.97. The average molecular weight is 504 g/mol. The maximum absolute atomic E-state index is 13.3. The molecule has 1 fully saturated rings. The van der Waals surface area contributed by atoms with Crippen molar-refractivity contribution in [2.75, 3.05) is 19.1 Å². The maximum atomic E-state index is 13.3. The molecule has 0 radical (unpaired) electrons. The summed E-state index contributed by atoms with van der Waals surface area (Å²) in [7, 11) is 2.88. The van der Waals surface area contributed by atoms with Gasteiger partial charge in [-0.2, -0.15) is 0 Å². The van der Waals surface area contributed by atoms with Gasteiger partial charge in [-0.05, 0) is 54.3 Å². The first-order valence-electron chi connectivity index (χ1n) is 9.81. The van der Waals surface area contributed by atoms with Crippen LogP contribution >= 0.6 is 34.5 Å². The standard InChI is InChI=1S/C24H19Cl2NO5S/c1-12-8-9-33-23(12)20-19(21(28)15-10-16(26)18(32-3)11-17(15)31-2)22(29)24(30)27(20)14-6-4-13(25)5-7-14/h4-11,20,28H,1-3H3/b21-19+. The molecule has 170 valence electrons. The zero-order chi connectivity index (χ0) is 23.9. The number of methoxy groups -OCH3 is 2. The largest absolute Gasteiger partial charge is 0.507 e. The van der Waals surface area contributed by atoms with Crippen LogP contribution in [0.4, 0.5) is 5.69 Å². The Labute approximate surface area is 204 Å². The number of aliphatic hydroxyl groups is 1. The summed E-state index contributed by atoms with van der Waals surface area (Å²) in [6.45, 7) is 1.89. The van der Waals surface area contributed by atoms with Crippen LogP contribution in [-0.2, 0) is 9.59 Å². The highest BCUT2D eigenvalue weighted by atomic mass is 35.5. The summed E-state index contributed by atoms with van der Waals surface area (Å²) in [6.07, 6.45) is 0. The van der Waals surface area contributed by atoms with Crippen LogP contribution in [0.1, 0.15) is 22.0 Å². The molecule has 1 aliphatic rings. The van der Waals surface area contributed by atoms with E-state index in [4.69, 9.17) is 32.7 Å². The van der Waals surface area contributed by atoms with Crippen LogP contribution in [0.3, 0.4) is 0 Å². The second-order valence-corrected chi connectivity index (χ2v) is 9.09. The zero-order valence-corrected chi connectivity index (χ0v) is 20.2. The van der Waals surface area contributed by atoms with Gasteiger partial charge in [0.2, 0.25) is 0 Å². The number of nitrogens with zero attached hydrogens (tertiary/aromatic N) is 1. The molecule has 1 aromatic heterocycles. The van der Waals surface area contributed by atoms with Crippen LogP contribution in [0.25, 0.3) is 5.76 Å². The molecule has 3 aromatic rings. The lowest BCUT2D eigenvalue weighted by molar-refractivity contribution is -0.132. The second-order valence-electron chi connectivity index (χ2n) is 7.30. The molecule has 9 heteroatoms. The van der Waals surface area contributed by atoms with Crippen LogP contribution in [0.2, 0.25) is 10.0 Å². The number of anilines is 1. The molecule has 1 unspecified atom stereocenters. The van der Waals surface area contributed by atoms with Gasteiger partial charge in [-0.3, -0.25) is 14.5 Å². The third-order valence-electron chi connectivity index (χ3n) is 5.43. The molecular formula is C24H19Cl2NO5S. The van der Waals surface area contributed by atoms with Crippen molar-refractivity contribution < 1.29 is 24.2 Å².